The zero-order valence-corrected chi connectivity index (χ0v) is 11.1. The molecule has 0 radical (unpaired) electrons. The molecule has 2 heteroatoms. The molecule has 2 nitrogen and oxygen atoms in total. The number of rotatable bonds is 6. The summed E-state index contributed by atoms with van der Waals surface area (Å²) in [4.78, 5) is 0. The number of benzene rings is 1. The molecule has 92 valence electrons. The van der Waals surface area contributed by atoms with Crippen LogP contribution in [0.1, 0.15) is 45.1 Å². The molecule has 1 aromatic rings. The van der Waals surface area contributed by atoms with E-state index in [-0.39, 0.29) is 0 Å². The Morgan fingerprint density at radius 3 is 2.65 bits per heavy atom. The highest BCUT2D eigenvalue weighted by Crippen LogP contribution is 2.24. The Labute approximate surface area is 105 Å². The van der Waals surface area contributed by atoms with Crippen LogP contribution in [0, 0.1) is 18.3 Å². The summed E-state index contributed by atoms with van der Waals surface area (Å²) in [6, 6.07) is 10.7. The lowest BCUT2D eigenvalue weighted by Crippen LogP contribution is -2.35. The molecule has 1 aromatic carbocycles. The average molecular weight is 230 g/mol. The maximum atomic E-state index is 9.42. The van der Waals surface area contributed by atoms with Crippen LogP contribution in [0.5, 0.6) is 0 Å². The first-order valence-corrected chi connectivity index (χ1v) is 6.42. The number of anilines is 1. The highest BCUT2D eigenvalue weighted by molar-refractivity contribution is 5.49. The third kappa shape index (κ3) is 3.78. The van der Waals surface area contributed by atoms with Gasteiger partial charge >= 0.3 is 0 Å². The van der Waals surface area contributed by atoms with Gasteiger partial charge in [-0.15, -0.1) is 0 Å². The zero-order chi connectivity index (χ0) is 12.7. The summed E-state index contributed by atoms with van der Waals surface area (Å²) in [5.41, 5.74) is 1.85. The summed E-state index contributed by atoms with van der Waals surface area (Å²) in [6.07, 6.45) is 3.95. The number of aryl methyl sites for hydroxylation is 1. The molecule has 0 heterocycles. The van der Waals surface area contributed by atoms with Gasteiger partial charge in [0.1, 0.15) is 5.54 Å². The SMILES string of the molecule is CCCCC(C#N)(CC)Nc1cccc(C)c1. The van der Waals surface area contributed by atoms with Crippen LogP contribution >= 0.6 is 0 Å². The average Bonchev–Trinajstić information content (AvgIpc) is 2.35. The molecule has 1 unspecified atom stereocenters. The van der Waals surface area contributed by atoms with Crippen LogP contribution in [0.15, 0.2) is 24.3 Å². The molecule has 1 rings (SSSR count). The lowest BCUT2D eigenvalue weighted by atomic mass is 9.91. The third-order valence-electron chi connectivity index (χ3n) is 3.18. The van der Waals surface area contributed by atoms with Gasteiger partial charge < -0.3 is 5.32 Å². The molecule has 17 heavy (non-hydrogen) atoms. The number of nitriles is 1. The van der Waals surface area contributed by atoms with Crippen LogP contribution in [0.25, 0.3) is 0 Å². The molecule has 0 aliphatic carbocycles. The van der Waals surface area contributed by atoms with Crippen LogP contribution in [0.4, 0.5) is 5.69 Å². The highest BCUT2D eigenvalue weighted by atomic mass is 15.0. The van der Waals surface area contributed by atoms with Gasteiger partial charge in [-0.3, -0.25) is 0 Å². The van der Waals surface area contributed by atoms with Gasteiger partial charge in [-0.2, -0.15) is 5.26 Å². The number of hydrogen-bond acceptors (Lipinski definition) is 2. The topological polar surface area (TPSA) is 35.8 Å². The lowest BCUT2D eigenvalue weighted by molar-refractivity contribution is 0.497. The van der Waals surface area contributed by atoms with Gasteiger partial charge in [0.05, 0.1) is 6.07 Å². The summed E-state index contributed by atoms with van der Waals surface area (Å²) in [5, 5.41) is 12.8. The maximum Gasteiger partial charge on any atom is 0.125 e. The lowest BCUT2D eigenvalue weighted by Gasteiger charge is -2.28. The molecular formula is C15H22N2. The number of hydrogen-bond donors (Lipinski definition) is 1. The van der Waals surface area contributed by atoms with E-state index in [9.17, 15) is 5.26 Å². The normalized spacial score (nSPS) is 13.8. The van der Waals surface area contributed by atoms with Gasteiger partial charge in [-0.1, -0.05) is 38.8 Å². The predicted octanol–water partition coefficient (Wildman–Crippen LogP) is 4.27. The summed E-state index contributed by atoms with van der Waals surface area (Å²) < 4.78 is 0. The summed E-state index contributed by atoms with van der Waals surface area (Å²) in [7, 11) is 0. The van der Waals surface area contributed by atoms with Crippen molar-refractivity contribution >= 4 is 5.69 Å². The van der Waals surface area contributed by atoms with Crippen LogP contribution in [-0.2, 0) is 0 Å². The first-order valence-electron chi connectivity index (χ1n) is 6.42. The molecule has 0 bridgehead atoms. The van der Waals surface area contributed by atoms with E-state index in [1.807, 2.05) is 12.1 Å². The first kappa shape index (κ1) is 13.6. The van der Waals surface area contributed by atoms with Crippen molar-refractivity contribution in [1.29, 1.82) is 5.26 Å². The minimum atomic E-state index is -0.413. The molecule has 0 amide bonds. The molecule has 0 fully saturated rings. The van der Waals surface area contributed by atoms with E-state index in [2.05, 4.69) is 44.3 Å². The molecule has 0 aromatic heterocycles. The maximum absolute atomic E-state index is 9.42. The number of nitrogens with one attached hydrogen (secondary N) is 1. The first-order chi connectivity index (χ1) is 8.15. The van der Waals surface area contributed by atoms with Crippen LogP contribution in [0.3, 0.4) is 0 Å². The Morgan fingerprint density at radius 1 is 1.35 bits per heavy atom. The second kappa shape index (κ2) is 6.30. The minimum absolute atomic E-state index is 0.413. The van der Waals surface area contributed by atoms with Crippen molar-refractivity contribution in [1.82, 2.24) is 0 Å². The van der Waals surface area contributed by atoms with Crippen molar-refractivity contribution in [2.75, 3.05) is 5.32 Å². The fraction of sp³-hybridized carbons (Fsp3) is 0.533. The molecule has 0 aliphatic rings. The molecule has 1 atom stereocenters. The smallest absolute Gasteiger partial charge is 0.125 e. The highest BCUT2D eigenvalue weighted by Gasteiger charge is 2.26. The second-order valence-electron chi connectivity index (χ2n) is 4.65. The standard InChI is InChI=1S/C15H22N2/c1-4-6-10-15(5-2,12-16)17-14-9-7-8-13(3)11-14/h7-9,11,17H,4-6,10H2,1-3H3. The quantitative estimate of drug-likeness (QED) is 0.792. The predicted molar refractivity (Wildman–Crippen MR) is 73.0 cm³/mol. The molecule has 0 saturated heterocycles. The van der Waals surface area contributed by atoms with E-state index in [0.29, 0.717) is 0 Å². The van der Waals surface area contributed by atoms with Gasteiger partial charge in [-0.25, -0.2) is 0 Å². The van der Waals surface area contributed by atoms with Crippen molar-refractivity contribution in [3.05, 3.63) is 29.8 Å². The van der Waals surface area contributed by atoms with Crippen LogP contribution in [-0.4, -0.2) is 5.54 Å². The fourth-order valence-electron chi connectivity index (χ4n) is 1.97. The Bertz CT molecular complexity index is 392. The van der Waals surface area contributed by atoms with Crippen molar-refractivity contribution in [3.63, 3.8) is 0 Å². The van der Waals surface area contributed by atoms with Gasteiger partial charge in [0, 0.05) is 5.69 Å². The number of unbranched alkanes of at least 4 members (excludes halogenated alkanes) is 1. The van der Waals surface area contributed by atoms with Crippen molar-refractivity contribution < 1.29 is 0 Å². The van der Waals surface area contributed by atoms with Crippen molar-refractivity contribution in [2.24, 2.45) is 0 Å². The van der Waals surface area contributed by atoms with Gasteiger partial charge in [0.15, 0.2) is 0 Å². The van der Waals surface area contributed by atoms with Crippen molar-refractivity contribution in [2.45, 2.75) is 52.0 Å². The van der Waals surface area contributed by atoms with E-state index in [4.69, 9.17) is 0 Å². The Balaban J connectivity index is 2.83. The molecule has 0 aliphatic heterocycles. The molecular weight excluding hydrogens is 208 g/mol. The van der Waals surface area contributed by atoms with E-state index in [0.717, 1.165) is 31.4 Å². The van der Waals surface area contributed by atoms with E-state index in [1.165, 1.54) is 5.56 Å². The van der Waals surface area contributed by atoms with E-state index >= 15 is 0 Å². The zero-order valence-electron chi connectivity index (χ0n) is 11.1. The minimum Gasteiger partial charge on any atom is -0.367 e. The van der Waals surface area contributed by atoms with Gasteiger partial charge in [0.25, 0.3) is 0 Å². The summed E-state index contributed by atoms with van der Waals surface area (Å²) >= 11 is 0. The molecule has 0 spiro atoms. The molecule has 1 N–H and O–H groups in total. The molecule has 0 saturated carbocycles. The summed E-state index contributed by atoms with van der Waals surface area (Å²) in [6.45, 7) is 6.29. The van der Waals surface area contributed by atoms with E-state index < -0.39 is 5.54 Å². The second-order valence-corrected chi connectivity index (χ2v) is 4.65. The Hall–Kier alpha value is -1.49. The third-order valence-corrected chi connectivity index (χ3v) is 3.18. The Morgan fingerprint density at radius 2 is 2.12 bits per heavy atom. The van der Waals surface area contributed by atoms with Crippen molar-refractivity contribution in [3.8, 4) is 6.07 Å². The fourth-order valence-corrected chi connectivity index (χ4v) is 1.97. The van der Waals surface area contributed by atoms with Gasteiger partial charge in [-0.05, 0) is 37.5 Å². The number of nitrogens with zero attached hydrogens (tertiary/aromatic N) is 1. The summed E-state index contributed by atoms with van der Waals surface area (Å²) in [5.74, 6) is 0. The van der Waals surface area contributed by atoms with Crippen LogP contribution < -0.4 is 5.32 Å². The largest absolute Gasteiger partial charge is 0.367 e. The van der Waals surface area contributed by atoms with Gasteiger partial charge in [0.2, 0.25) is 0 Å². The monoisotopic (exact) mass is 230 g/mol. The van der Waals surface area contributed by atoms with Crippen LogP contribution in [0.2, 0.25) is 0 Å². The Kier molecular flexibility index (Phi) is 5.03. The van der Waals surface area contributed by atoms with E-state index in [1.54, 1.807) is 0 Å².